The first-order valence-electron chi connectivity index (χ1n) is 7.54. The summed E-state index contributed by atoms with van der Waals surface area (Å²) in [7, 11) is 0. The highest BCUT2D eigenvalue weighted by molar-refractivity contribution is 5.95. The number of carbonyl (C=O) groups excluding carboxylic acids is 1. The standard InChI is InChI=1S/C19H18N2O/c1-14(22)16-7-8-17(12-20)19(11-16)21-10-9-18(13-21)15-5-3-2-4-6-15/h2-8,11,18H,9-10,13H2,1H3. The molecule has 110 valence electrons. The SMILES string of the molecule is CC(=O)c1ccc(C#N)c(N2CCC(c3ccccc3)C2)c1. The van der Waals surface area contributed by atoms with E-state index in [4.69, 9.17) is 0 Å². The molecule has 0 spiro atoms. The second kappa shape index (κ2) is 6.03. The van der Waals surface area contributed by atoms with Crippen LogP contribution >= 0.6 is 0 Å². The van der Waals surface area contributed by atoms with Crippen LogP contribution in [0, 0.1) is 11.3 Å². The van der Waals surface area contributed by atoms with Gasteiger partial charge in [-0.15, -0.1) is 0 Å². The monoisotopic (exact) mass is 290 g/mol. The molecule has 1 fully saturated rings. The number of Topliss-reactive ketones (excluding diaryl/α,β-unsaturated/α-hetero) is 1. The van der Waals surface area contributed by atoms with E-state index in [1.807, 2.05) is 12.1 Å². The number of hydrogen-bond acceptors (Lipinski definition) is 3. The molecule has 0 bridgehead atoms. The lowest BCUT2D eigenvalue weighted by atomic mass is 9.99. The van der Waals surface area contributed by atoms with Crippen LogP contribution in [0.15, 0.2) is 48.5 Å². The summed E-state index contributed by atoms with van der Waals surface area (Å²) in [5.74, 6) is 0.512. The third-order valence-electron chi connectivity index (χ3n) is 4.32. The third-order valence-corrected chi connectivity index (χ3v) is 4.32. The molecule has 1 saturated heterocycles. The van der Waals surface area contributed by atoms with Gasteiger partial charge in [-0.05, 0) is 37.1 Å². The Hall–Kier alpha value is -2.60. The number of nitrogens with zero attached hydrogens (tertiary/aromatic N) is 2. The van der Waals surface area contributed by atoms with Gasteiger partial charge in [0.1, 0.15) is 6.07 Å². The van der Waals surface area contributed by atoms with Gasteiger partial charge < -0.3 is 4.90 Å². The number of rotatable bonds is 3. The Morgan fingerprint density at radius 3 is 2.68 bits per heavy atom. The van der Waals surface area contributed by atoms with Crippen LogP contribution in [0.3, 0.4) is 0 Å². The summed E-state index contributed by atoms with van der Waals surface area (Å²) in [6.45, 7) is 3.36. The van der Waals surface area contributed by atoms with E-state index in [1.54, 1.807) is 19.1 Å². The van der Waals surface area contributed by atoms with Gasteiger partial charge in [-0.2, -0.15) is 5.26 Å². The number of nitriles is 1. The minimum atomic E-state index is 0.0320. The Kier molecular flexibility index (Phi) is 3.93. The van der Waals surface area contributed by atoms with Crippen molar-refractivity contribution in [3.8, 4) is 6.07 Å². The molecule has 0 saturated carbocycles. The van der Waals surface area contributed by atoms with Gasteiger partial charge in [0.2, 0.25) is 0 Å². The molecule has 1 atom stereocenters. The van der Waals surface area contributed by atoms with Crippen LogP contribution in [-0.2, 0) is 0 Å². The Morgan fingerprint density at radius 1 is 1.23 bits per heavy atom. The number of benzene rings is 2. The van der Waals surface area contributed by atoms with Gasteiger partial charge in [0.15, 0.2) is 5.78 Å². The fourth-order valence-electron chi connectivity index (χ4n) is 3.08. The molecule has 1 heterocycles. The Labute approximate surface area is 130 Å². The molecule has 1 aliphatic rings. The van der Waals surface area contributed by atoms with Crippen molar-refractivity contribution in [2.24, 2.45) is 0 Å². The van der Waals surface area contributed by atoms with Crippen LogP contribution in [0.1, 0.15) is 40.7 Å². The number of ketones is 1. The Balaban J connectivity index is 1.88. The second-order valence-electron chi connectivity index (χ2n) is 5.74. The van der Waals surface area contributed by atoms with E-state index >= 15 is 0 Å². The van der Waals surface area contributed by atoms with Crippen molar-refractivity contribution >= 4 is 11.5 Å². The number of hydrogen-bond donors (Lipinski definition) is 0. The highest BCUT2D eigenvalue weighted by Gasteiger charge is 2.25. The molecule has 2 aromatic carbocycles. The van der Waals surface area contributed by atoms with Crippen molar-refractivity contribution in [2.75, 3.05) is 18.0 Å². The Bertz CT molecular complexity index is 731. The van der Waals surface area contributed by atoms with Crippen LogP contribution in [0.2, 0.25) is 0 Å². The van der Waals surface area contributed by atoms with Gasteiger partial charge in [-0.1, -0.05) is 30.3 Å². The first kappa shape index (κ1) is 14.3. The van der Waals surface area contributed by atoms with Crippen molar-refractivity contribution in [3.63, 3.8) is 0 Å². The van der Waals surface area contributed by atoms with Gasteiger partial charge in [-0.25, -0.2) is 0 Å². The van der Waals surface area contributed by atoms with E-state index in [1.165, 1.54) is 5.56 Å². The van der Waals surface area contributed by atoms with Gasteiger partial charge in [0.25, 0.3) is 0 Å². The highest BCUT2D eigenvalue weighted by atomic mass is 16.1. The molecule has 3 heteroatoms. The molecule has 0 amide bonds. The maximum absolute atomic E-state index is 11.6. The van der Waals surface area contributed by atoms with Gasteiger partial charge in [0.05, 0.1) is 11.3 Å². The number of carbonyl (C=O) groups is 1. The summed E-state index contributed by atoms with van der Waals surface area (Å²) in [5, 5.41) is 9.33. The predicted molar refractivity (Wildman–Crippen MR) is 87.2 cm³/mol. The smallest absolute Gasteiger partial charge is 0.159 e. The summed E-state index contributed by atoms with van der Waals surface area (Å²) in [6.07, 6.45) is 1.07. The van der Waals surface area contributed by atoms with E-state index in [0.717, 1.165) is 25.2 Å². The molecule has 1 unspecified atom stereocenters. The minimum Gasteiger partial charge on any atom is -0.370 e. The minimum absolute atomic E-state index is 0.0320. The van der Waals surface area contributed by atoms with Crippen molar-refractivity contribution in [1.82, 2.24) is 0 Å². The van der Waals surface area contributed by atoms with Crippen molar-refractivity contribution in [3.05, 3.63) is 65.2 Å². The molecule has 2 aromatic rings. The fourth-order valence-corrected chi connectivity index (χ4v) is 3.08. The van der Waals surface area contributed by atoms with Gasteiger partial charge in [-0.3, -0.25) is 4.79 Å². The Morgan fingerprint density at radius 2 is 2.00 bits per heavy atom. The van der Waals surface area contributed by atoms with E-state index in [0.29, 0.717) is 17.0 Å². The van der Waals surface area contributed by atoms with Crippen molar-refractivity contribution in [2.45, 2.75) is 19.3 Å². The summed E-state index contributed by atoms with van der Waals surface area (Å²) in [6, 6.07) is 18.1. The highest BCUT2D eigenvalue weighted by Crippen LogP contribution is 2.32. The lowest BCUT2D eigenvalue weighted by molar-refractivity contribution is 0.101. The summed E-state index contributed by atoms with van der Waals surface area (Å²) in [4.78, 5) is 13.8. The quantitative estimate of drug-likeness (QED) is 0.809. The molecular formula is C19H18N2O. The molecular weight excluding hydrogens is 272 g/mol. The summed E-state index contributed by atoms with van der Waals surface area (Å²) in [5.41, 5.74) is 3.52. The van der Waals surface area contributed by atoms with Crippen LogP contribution in [0.25, 0.3) is 0 Å². The summed E-state index contributed by atoms with van der Waals surface area (Å²) >= 11 is 0. The van der Waals surface area contributed by atoms with Crippen LogP contribution in [-0.4, -0.2) is 18.9 Å². The average Bonchev–Trinajstić information content (AvgIpc) is 3.05. The van der Waals surface area contributed by atoms with Crippen molar-refractivity contribution in [1.29, 1.82) is 5.26 Å². The lowest BCUT2D eigenvalue weighted by Gasteiger charge is -2.21. The normalized spacial score (nSPS) is 17.3. The zero-order chi connectivity index (χ0) is 15.5. The molecule has 0 radical (unpaired) electrons. The zero-order valence-electron chi connectivity index (χ0n) is 12.6. The van der Waals surface area contributed by atoms with Crippen molar-refractivity contribution < 1.29 is 4.79 Å². The van der Waals surface area contributed by atoms with E-state index in [9.17, 15) is 10.1 Å². The molecule has 3 rings (SSSR count). The van der Waals surface area contributed by atoms with E-state index in [2.05, 4.69) is 35.2 Å². The largest absolute Gasteiger partial charge is 0.370 e. The molecule has 3 nitrogen and oxygen atoms in total. The van der Waals surface area contributed by atoms with Crippen LogP contribution in [0.5, 0.6) is 0 Å². The van der Waals surface area contributed by atoms with Crippen LogP contribution < -0.4 is 4.90 Å². The first-order valence-corrected chi connectivity index (χ1v) is 7.54. The van der Waals surface area contributed by atoms with Gasteiger partial charge >= 0.3 is 0 Å². The molecule has 0 aromatic heterocycles. The molecule has 1 aliphatic heterocycles. The van der Waals surface area contributed by atoms with Gasteiger partial charge in [0, 0.05) is 24.6 Å². The lowest BCUT2D eigenvalue weighted by Crippen LogP contribution is -2.20. The van der Waals surface area contributed by atoms with E-state index < -0.39 is 0 Å². The third kappa shape index (κ3) is 2.73. The topological polar surface area (TPSA) is 44.1 Å². The average molecular weight is 290 g/mol. The maximum atomic E-state index is 11.6. The van der Waals surface area contributed by atoms with E-state index in [-0.39, 0.29) is 5.78 Å². The predicted octanol–water partition coefficient (Wildman–Crippen LogP) is 3.75. The fraction of sp³-hybridized carbons (Fsp3) is 0.263. The molecule has 22 heavy (non-hydrogen) atoms. The summed E-state index contributed by atoms with van der Waals surface area (Å²) < 4.78 is 0. The molecule has 0 N–H and O–H groups in total. The zero-order valence-corrected chi connectivity index (χ0v) is 12.6. The molecule has 0 aliphatic carbocycles. The van der Waals surface area contributed by atoms with Crippen LogP contribution in [0.4, 0.5) is 5.69 Å². The maximum Gasteiger partial charge on any atom is 0.159 e. The number of anilines is 1. The first-order chi connectivity index (χ1) is 10.7. The second-order valence-corrected chi connectivity index (χ2v) is 5.74.